The molecule has 1 aliphatic rings. The number of likely N-dealkylation sites (tertiary alicyclic amines) is 1. The van der Waals surface area contributed by atoms with Crippen LogP contribution in [0.4, 0.5) is 0 Å². The fraction of sp³-hybridized carbons (Fsp3) is 0.357. The zero-order chi connectivity index (χ0) is 11.7. The lowest BCUT2D eigenvalue weighted by molar-refractivity contribution is 0.325. The van der Waals surface area contributed by atoms with Gasteiger partial charge in [-0.15, -0.1) is 0 Å². The van der Waals surface area contributed by atoms with Crippen molar-refractivity contribution in [3.8, 4) is 0 Å². The summed E-state index contributed by atoms with van der Waals surface area (Å²) < 4.78 is 5.32. The molecule has 1 aromatic carbocycles. The highest BCUT2D eigenvalue weighted by molar-refractivity contribution is 5.76. The van der Waals surface area contributed by atoms with Crippen molar-refractivity contribution in [2.45, 2.75) is 19.4 Å². The van der Waals surface area contributed by atoms with Crippen molar-refractivity contribution in [3.63, 3.8) is 0 Å². The molecular formula is C14H15NO2. The Kier molecular flexibility index (Phi) is 2.69. The number of nitrogens with zero attached hydrogens (tertiary/aromatic N) is 1. The van der Waals surface area contributed by atoms with Crippen LogP contribution in [0.25, 0.3) is 11.0 Å². The van der Waals surface area contributed by atoms with Gasteiger partial charge in [-0.2, -0.15) is 0 Å². The maximum atomic E-state index is 11.8. The number of rotatable bonds is 2. The fourth-order valence-corrected chi connectivity index (χ4v) is 2.40. The maximum absolute atomic E-state index is 11.8. The Morgan fingerprint density at radius 3 is 2.76 bits per heavy atom. The normalized spacial score (nSPS) is 16.7. The molecule has 0 spiro atoms. The minimum atomic E-state index is -0.199. The molecule has 3 heteroatoms. The van der Waals surface area contributed by atoms with Crippen LogP contribution in [0.3, 0.4) is 0 Å². The summed E-state index contributed by atoms with van der Waals surface area (Å²) in [7, 11) is 0. The van der Waals surface area contributed by atoms with Crippen LogP contribution in [0.5, 0.6) is 0 Å². The van der Waals surface area contributed by atoms with Crippen LogP contribution in [0, 0.1) is 0 Å². The molecule has 0 radical (unpaired) electrons. The first kappa shape index (κ1) is 10.5. The molecule has 1 saturated heterocycles. The molecule has 3 nitrogen and oxygen atoms in total. The molecule has 1 fully saturated rings. The average molecular weight is 229 g/mol. The zero-order valence-corrected chi connectivity index (χ0v) is 9.69. The molecule has 17 heavy (non-hydrogen) atoms. The second-order valence-corrected chi connectivity index (χ2v) is 4.58. The molecule has 0 aliphatic carbocycles. The number of fused-ring (bicyclic) bond motifs is 1. The van der Waals surface area contributed by atoms with Gasteiger partial charge in [-0.25, -0.2) is 4.79 Å². The van der Waals surface area contributed by atoms with Gasteiger partial charge in [0.2, 0.25) is 0 Å². The van der Waals surface area contributed by atoms with Gasteiger partial charge in [0, 0.05) is 11.9 Å². The highest BCUT2D eigenvalue weighted by Crippen LogP contribution is 2.15. The molecule has 88 valence electrons. The second-order valence-electron chi connectivity index (χ2n) is 4.58. The summed E-state index contributed by atoms with van der Waals surface area (Å²) in [4.78, 5) is 14.1. The van der Waals surface area contributed by atoms with Gasteiger partial charge < -0.3 is 4.42 Å². The number of benzene rings is 1. The van der Waals surface area contributed by atoms with Crippen LogP contribution >= 0.6 is 0 Å². The van der Waals surface area contributed by atoms with Gasteiger partial charge in [-0.3, -0.25) is 4.90 Å². The van der Waals surface area contributed by atoms with Gasteiger partial charge in [0.25, 0.3) is 0 Å². The topological polar surface area (TPSA) is 33.5 Å². The number of hydrogen-bond donors (Lipinski definition) is 0. The van der Waals surface area contributed by atoms with Crippen LogP contribution in [0.15, 0.2) is 39.5 Å². The lowest BCUT2D eigenvalue weighted by atomic mass is 10.2. The van der Waals surface area contributed by atoms with Crippen molar-refractivity contribution in [1.82, 2.24) is 4.90 Å². The molecule has 3 rings (SSSR count). The Morgan fingerprint density at radius 1 is 1.18 bits per heavy atom. The van der Waals surface area contributed by atoms with E-state index < -0.39 is 0 Å². The smallest absolute Gasteiger partial charge is 0.340 e. The average Bonchev–Trinajstić information content (AvgIpc) is 2.83. The fourth-order valence-electron chi connectivity index (χ4n) is 2.40. The minimum Gasteiger partial charge on any atom is -0.422 e. The highest BCUT2D eigenvalue weighted by Gasteiger charge is 2.14. The van der Waals surface area contributed by atoms with Crippen LogP contribution in [-0.2, 0) is 6.54 Å². The third-order valence-corrected chi connectivity index (χ3v) is 3.31. The van der Waals surface area contributed by atoms with Crippen molar-refractivity contribution in [3.05, 3.63) is 46.3 Å². The Morgan fingerprint density at radius 2 is 1.94 bits per heavy atom. The summed E-state index contributed by atoms with van der Waals surface area (Å²) in [6.45, 7) is 2.89. The standard InChI is InChI=1S/C14H15NO2/c16-14-12(10-15-7-3-4-8-15)9-11-5-1-2-6-13(11)17-14/h1-2,5-6,9H,3-4,7-8,10H2. The molecule has 1 aromatic heterocycles. The predicted molar refractivity (Wildman–Crippen MR) is 67.0 cm³/mol. The first-order valence-corrected chi connectivity index (χ1v) is 6.07. The van der Waals surface area contributed by atoms with E-state index in [1.54, 1.807) is 0 Å². The SMILES string of the molecule is O=c1oc2ccccc2cc1CN1CCCC1. The van der Waals surface area contributed by atoms with Crippen molar-refractivity contribution in [1.29, 1.82) is 0 Å². The van der Waals surface area contributed by atoms with E-state index in [4.69, 9.17) is 4.42 Å². The monoisotopic (exact) mass is 229 g/mol. The van der Waals surface area contributed by atoms with E-state index in [1.165, 1.54) is 12.8 Å². The largest absolute Gasteiger partial charge is 0.422 e. The summed E-state index contributed by atoms with van der Waals surface area (Å²) in [6, 6.07) is 9.61. The van der Waals surface area contributed by atoms with E-state index in [0.717, 1.165) is 24.0 Å². The summed E-state index contributed by atoms with van der Waals surface area (Å²) in [5.41, 5.74) is 1.24. The Labute approximate surface area is 99.7 Å². The van der Waals surface area contributed by atoms with Gasteiger partial charge in [0.15, 0.2) is 0 Å². The first-order valence-electron chi connectivity index (χ1n) is 6.07. The van der Waals surface area contributed by atoms with E-state index in [0.29, 0.717) is 12.1 Å². The van der Waals surface area contributed by atoms with E-state index in [9.17, 15) is 4.79 Å². The van der Waals surface area contributed by atoms with Crippen molar-refractivity contribution in [2.24, 2.45) is 0 Å². The summed E-state index contributed by atoms with van der Waals surface area (Å²) >= 11 is 0. The maximum Gasteiger partial charge on any atom is 0.340 e. The zero-order valence-electron chi connectivity index (χ0n) is 9.69. The van der Waals surface area contributed by atoms with Crippen LogP contribution in [0.1, 0.15) is 18.4 Å². The number of hydrogen-bond acceptors (Lipinski definition) is 3. The van der Waals surface area contributed by atoms with E-state index in [2.05, 4.69) is 4.90 Å². The van der Waals surface area contributed by atoms with Crippen molar-refractivity contribution in [2.75, 3.05) is 13.1 Å². The van der Waals surface area contributed by atoms with E-state index >= 15 is 0 Å². The van der Waals surface area contributed by atoms with Gasteiger partial charge in [0.05, 0.1) is 5.56 Å². The Balaban J connectivity index is 1.98. The molecule has 0 amide bonds. The second kappa shape index (κ2) is 4.34. The molecular weight excluding hydrogens is 214 g/mol. The molecule has 1 aliphatic heterocycles. The summed E-state index contributed by atoms with van der Waals surface area (Å²) in [5.74, 6) is 0. The molecule has 2 aromatic rings. The quantitative estimate of drug-likeness (QED) is 0.741. The van der Waals surface area contributed by atoms with Crippen molar-refractivity contribution < 1.29 is 4.42 Å². The van der Waals surface area contributed by atoms with Gasteiger partial charge in [-0.05, 0) is 38.1 Å². The highest BCUT2D eigenvalue weighted by atomic mass is 16.4. The van der Waals surface area contributed by atoms with Crippen LogP contribution in [0.2, 0.25) is 0 Å². The molecule has 0 unspecified atom stereocenters. The van der Waals surface area contributed by atoms with Gasteiger partial charge in [0.1, 0.15) is 5.58 Å². The third-order valence-electron chi connectivity index (χ3n) is 3.31. The number of para-hydroxylation sites is 1. The minimum absolute atomic E-state index is 0.199. The Hall–Kier alpha value is -1.61. The van der Waals surface area contributed by atoms with E-state index in [-0.39, 0.29) is 5.63 Å². The van der Waals surface area contributed by atoms with Crippen LogP contribution in [-0.4, -0.2) is 18.0 Å². The molecule has 0 bridgehead atoms. The predicted octanol–water partition coefficient (Wildman–Crippen LogP) is 2.39. The third kappa shape index (κ3) is 2.11. The van der Waals surface area contributed by atoms with Gasteiger partial charge >= 0.3 is 5.63 Å². The molecule has 0 atom stereocenters. The molecule has 0 N–H and O–H groups in total. The molecule has 0 saturated carbocycles. The lowest BCUT2D eigenvalue weighted by Gasteiger charge is -2.13. The molecule has 2 heterocycles. The summed E-state index contributed by atoms with van der Waals surface area (Å²) in [5, 5.41) is 1.00. The first-order chi connectivity index (χ1) is 8.33. The lowest BCUT2D eigenvalue weighted by Crippen LogP contribution is -2.22. The van der Waals surface area contributed by atoms with Crippen molar-refractivity contribution >= 4 is 11.0 Å². The van der Waals surface area contributed by atoms with Crippen LogP contribution < -0.4 is 5.63 Å². The summed E-state index contributed by atoms with van der Waals surface area (Å²) in [6.07, 6.45) is 2.47. The Bertz CT molecular complexity index is 582. The van der Waals surface area contributed by atoms with Gasteiger partial charge in [-0.1, -0.05) is 18.2 Å². The van der Waals surface area contributed by atoms with E-state index in [1.807, 2.05) is 30.3 Å².